The van der Waals surface area contributed by atoms with E-state index in [1.807, 2.05) is 26.0 Å². The van der Waals surface area contributed by atoms with Gasteiger partial charge in [-0.25, -0.2) is 0 Å². The smallest absolute Gasteiger partial charge is 0.150 e. The van der Waals surface area contributed by atoms with Crippen LogP contribution in [0.3, 0.4) is 0 Å². The molecule has 0 fully saturated rings. The summed E-state index contributed by atoms with van der Waals surface area (Å²) in [7, 11) is 0. The average Bonchev–Trinajstić information content (AvgIpc) is 2.63. The van der Waals surface area contributed by atoms with E-state index in [0.717, 1.165) is 33.7 Å². The van der Waals surface area contributed by atoms with Gasteiger partial charge in [-0.3, -0.25) is 9.59 Å². The summed E-state index contributed by atoms with van der Waals surface area (Å²) in [6.07, 6.45) is 1.68. The van der Waals surface area contributed by atoms with Crippen molar-refractivity contribution in [3.05, 3.63) is 68.7 Å². The summed E-state index contributed by atoms with van der Waals surface area (Å²) >= 11 is 12.0. The molecule has 0 atom stereocenters. The number of carbonyl (C=O) groups excluding carboxylic acids is 2. The Balaban J connectivity index is 0.000000478. The minimum Gasteiger partial charge on any atom is -0.298 e. The van der Waals surface area contributed by atoms with Gasteiger partial charge in [0.2, 0.25) is 0 Å². The molecule has 0 heterocycles. The van der Waals surface area contributed by atoms with E-state index in [4.69, 9.17) is 23.2 Å². The van der Waals surface area contributed by atoms with E-state index in [-0.39, 0.29) is 10.8 Å². The Hall–Kier alpha value is -1.64. The molecule has 4 heteroatoms. The van der Waals surface area contributed by atoms with E-state index in [2.05, 4.69) is 41.5 Å². The highest BCUT2D eigenvalue weighted by Crippen LogP contribution is 2.30. The number of hydrogen-bond donors (Lipinski definition) is 0. The Morgan fingerprint density at radius 2 is 0.929 bits per heavy atom. The first kappa shape index (κ1) is 26.4. The van der Waals surface area contributed by atoms with Gasteiger partial charge in [-0.1, -0.05) is 90.7 Å². The molecule has 0 bridgehead atoms. The zero-order valence-corrected chi connectivity index (χ0v) is 19.7. The van der Waals surface area contributed by atoms with Crippen molar-refractivity contribution in [2.45, 2.75) is 66.2 Å². The van der Waals surface area contributed by atoms with Crippen molar-refractivity contribution in [2.75, 3.05) is 0 Å². The van der Waals surface area contributed by atoms with Crippen LogP contribution in [0.15, 0.2) is 36.4 Å². The maximum absolute atomic E-state index is 10.6. The van der Waals surface area contributed by atoms with Crippen LogP contribution in [0.5, 0.6) is 0 Å². The van der Waals surface area contributed by atoms with Crippen molar-refractivity contribution in [1.29, 1.82) is 0 Å². The summed E-state index contributed by atoms with van der Waals surface area (Å²) in [5.41, 5.74) is 3.34. The summed E-state index contributed by atoms with van der Waals surface area (Å²) in [4.78, 5) is 21.1. The van der Waals surface area contributed by atoms with Crippen LogP contribution < -0.4 is 0 Å². The van der Waals surface area contributed by atoms with E-state index in [1.54, 1.807) is 24.3 Å². The standard InChI is InChI=1S/2C11H13ClO.C2H6/c2*1-11(2,3)9-6-8(7-13)4-5-10(9)12;1-2/h2*4-7H,1-3H3;1-2H3. The first-order chi connectivity index (χ1) is 12.9. The maximum Gasteiger partial charge on any atom is 0.150 e. The Labute approximate surface area is 180 Å². The van der Waals surface area contributed by atoms with Gasteiger partial charge in [0.15, 0.2) is 0 Å². The third kappa shape index (κ3) is 8.16. The Bertz CT molecular complexity index is 715. The molecule has 0 aliphatic rings. The molecule has 0 aliphatic heterocycles. The van der Waals surface area contributed by atoms with Crippen molar-refractivity contribution in [2.24, 2.45) is 0 Å². The van der Waals surface area contributed by atoms with Gasteiger partial charge in [0.25, 0.3) is 0 Å². The molecule has 0 radical (unpaired) electrons. The van der Waals surface area contributed by atoms with Gasteiger partial charge in [0.1, 0.15) is 12.6 Å². The second kappa shape index (κ2) is 11.4. The predicted molar refractivity (Wildman–Crippen MR) is 122 cm³/mol. The molecule has 0 aliphatic carbocycles. The fourth-order valence-corrected chi connectivity index (χ4v) is 3.18. The average molecular weight is 423 g/mol. The Morgan fingerprint density at radius 3 is 1.14 bits per heavy atom. The molecule has 0 amide bonds. The molecule has 154 valence electrons. The van der Waals surface area contributed by atoms with E-state index < -0.39 is 0 Å². The molecule has 0 aromatic heterocycles. The second-order valence-electron chi connectivity index (χ2n) is 8.21. The second-order valence-corrected chi connectivity index (χ2v) is 9.03. The van der Waals surface area contributed by atoms with Gasteiger partial charge < -0.3 is 0 Å². The monoisotopic (exact) mass is 422 g/mol. The lowest BCUT2D eigenvalue weighted by Crippen LogP contribution is -2.12. The topological polar surface area (TPSA) is 34.1 Å². The number of halogens is 2. The maximum atomic E-state index is 10.6. The highest BCUT2D eigenvalue weighted by Gasteiger charge is 2.18. The van der Waals surface area contributed by atoms with Crippen molar-refractivity contribution in [3.8, 4) is 0 Å². The van der Waals surface area contributed by atoms with Crippen LogP contribution in [-0.4, -0.2) is 12.6 Å². The molecule has 0 saturated carbocycles. The molecule has 28 heavy (non-hydrogen) atoms. The fourth-order valence-electron chi connectivity index (χ4n) is 2.38. The minimum atomic E-state index is -0.0178. The zero-order valence-electron chi connectivity index (χ0n) is 18.2. The summed E-state index contributed by atoms with van der Waals surface area (Å²) in [6, 6.07) is 10.7. The van der Waals surface area contributed by atoms with Gasteiger partial charge >= 0.3 is 0 Å². The molecule has 2 aromatic rings. The SMILES string of the molecule is CC.CC(C)(C)c1cc(C=O)ccc1Cl.CC(C)(C)c1cc(C=O)ccc1Cl. The third-order valence-electron chi connectivity index (χ3n) is 3.87. The molecule has 2 rings (SSSR count). The van der Waals surface area contributed by atoms with Crippen LogP contribution in [-0.2, 0) is 10.8 Å². The van der Waals surface area contributed by atoms with Gasteiger partial charge in [-0.05, 0) is 46.2 Å². The zero-order chi connectivity index (χ0) is 22.1. The lowest BCUT2D eigenvalue weighted by molar-refractivity contribution is 0.111. The van der Waals surface area contributed by atoms with Crippen LogP contribution >= 0.6 is 23.2 Å². The normalized spacial score (nSPS) is 10.8. The van der Waals surface area contributed by atoms with Crippen LogP contribution in [0.1, 0.15) is 87.2 Å². The molecule has 0 N–H and O–H groups in total. The first-order valence-electron chi connectivity index (χ1n) is 9.40. The molecule has 2 aromatic carbocycles. The molecule has 0 spiro atoms. The number of aldehydes is 2. The highest BCUT2D eigenvalue weighted by molar-refractivity contribution is 6.31. The fraction of sp³-hybridized carbons (Fsp3) is 0.417. The van der Waals surface area contributed by atoms with E-state index in [1.165, 1.54) is 0 Å². The molecule has 2 nitrogen and oxygen atoms in total. The molecule has 0 saturated heterocycles. The summed E-state index contributed by atoms with van der Waals surface area (Å²) in [6.45, 7) is 16.4. The van der Waals surface area contributed by atoms with Gasteiger partial charge in [0, 0.05) is 21.2 Å². The number of carbonyl (C=O) groups is 2. The summed E-state index contributed by atoms with van der Waals surface area (Å²) in [5, 5.41) is 1.44. The predicted octanol–water partition coefficient (Wildman–Crippen LogP) is 7.93. The van der Waals surface area contributed by atoms with Crippen LogP contribution in [0.4, 0.5) is 0 Å². The van der Waals surface area contributed by atoms with Crippen molar-refractivity contribution in [3.63, 3.8) is 0 Å². The van der Waals surface area contributed by atoms with Crippen molar-refractivity contribution < 1.29 is 9.59 Å². The molecular formula is C24H32Cl2O2. The lowest BCUT2D eigenvalue weighted by Gasteiger charge is -2.20. The molecular weight excluding hydrogens is 391 g/mol. The molecule has 0 unspecified atom stereocenters. The Morgan fingerprint density at radius 1 is 0.643 bits per heavy atom. The third-order valence-corrected chi connectivity index (χ3v) is 4.53. The summed E-state index contributed by atoms with van der Waals surface area (Å²) in [5.74, 6) is 0. The van der Waals surface area contributed by atoms with Crippen LogP contribution in [0.2, 0.25) is 10.0 Å². The number of rotatable bonds is 2. The van der Waals surface area contributed by atoms with Crippen molar-refractivity contribution in [1.82, 2.24) is 0 Å². The van der Waals surface area contributed by atoms with E-state index >= 15 is 0 Å². The van der Waals surface area contributed by atoms with E-state index in [0.29, 0.717) is 11.1 Å². The Kier molecular flexibility index (Phi) is 10.7. The van der Waals surface area contributed by atoms with Crippen molar-refractivity contribution >= 4 is 35.8 Å². The largest absolute Gasteiger partial charge is 0.298 e. The van der Waals surface area contributed by atoms with Gasteiger partial charge in [-0.2, -0.15) is 0 Å². The van der Waals surface area contributed by atoms with Crippen LogP contribution in [0, 0.1) is 0 Å². The number of hydrogen-bond acceptors (Lipinski definition) is 2. The first-order valence-corrected chi connectivity index (χ1v) is 10.2. The number of benzene rings is 2. The van der Waals surface area contributed by atoms with Gasteiger partial charge in [-0.15, -0.1) is 0 Å². The van der Waals surface area contributed by atoms with Gasteiger partial charge in [0.05, 0.1) is 0 Å². The van der Waals surface area contributed by atoms with E-state index in [9.17, 15) is 9.59 Å². The van der Waals surface area contributed by atoms with Crippen LogP contribution in [0.25, 0.3) is 0 Å². The minimum absolute atomic E-state index is 0.0178. The highest BCUT2D eigenvalue weighted by atomic mass is 35.5. The summed E-state index contributed by atoms with van der Waals surface area (Å²) < 4.78 is 0. The quantitative estimate of drug-likeness (QED) is 0.460. The lowest BCUT2D eigenvalue weighted by atomic mass is 9.86.